The van der Waals surface area contributed by atoms with Gasteiger partial charge in [0.25, 0.3) is 0 Å². The Kier molecular flexibility index (Phi) is 4.59. The predicted octanol–water partition coefficient (Wildman–Crippen LogP) is 4.59. The van der Waals surface area contributed by atoms with Crippen LogP contribution in [0.15, 0.2) is 5.10 Å². The highest BCUT2D eigenvalue weighted by atomic mass is 16.7. The van der Waals surface area contributed by atoms with Crippen LogP contribution in [0.3, 0.4) is 0 Å². The molecule has 0 heterocycles. The molecule has 150 valence electrons. The molecule has 0 aromatic rings. The maximum absolute atomic E-state index is 11.4. The minimum absolute atomic E-state index is 0.0770. The number of nitro groups is 1. The number of hydrogen-bond acceptors (Lipinski definition) is 4. The lowest BCUT2D eigenvalue weighted by atomic mass is 9.45. The van der Waals surface area contributed by atoms with E-state index < -0.39 is 5.03 Å². The molecule has 0 unspecified atom stereocenters. The quantitative estimate of drug-likeness (QED) is 0.401. The van der Waals surface area contributed by atoms with Crippen LogP contribution in [0.4, 0.5) is 0 Å². The van der Waals surface area contributed by atoms with Crippen molar-refractivity contribution in [3.8, 4) is 0 Å². The van der Waals surface area contributed by atoms with Gasteiger partial charge in [0.2, 0.25) is 0 Å². The van der Waals surface area contributed by atoms with Gasteiger partial charge in [0, 0.05) is 12.3 Å². The topological polar surface area (TPSA) is 81.8 Å². The Morgan fingerprint density at radius 3 is 2.63 bits per heavy atom. The number of fused-ring (bicyclic) bond motifs is 5. The Bertz CT molecular complexity index is 677. The SMILES string of the molecule is CC(=O)O[C@H]1CC[C@@]2(C)[C@@H](CC[C@@H]3[C@@H]2CC[C@]2(C)/C(=N/[N+](=O)[O-])CC[C@@H]32)C1. The van der Waals surface area contributed by atoms with Crippen LogP contribution in [-0.4, -0.2) is 22.8 Å². The van der Waals surface area contributed by atoms with Crippen molar-refractivity contribution in [3.63, 3.8) is 0 Å². The summed E-state index contributed by atoms with van der Waals surface area (Å²) in [5.41, 5.74) is 1.08. The van der Waals surface area contributed by atoms with Crippen LogP contribution in [0.5, 0.6) is 0 Å². The molecule has 4 fully saturated rings. The summed E-state index contributed by atoms with van der Waals surface area (Å²) in [6.07, 6.45) is 9.66. The summed E-state index contributed by atoms with van der Waals surface area (Å²) in [6, 6.07) is 0. The summed E-state index contributed by atoms with van der Waals surface area (Å²) in [5.74, 6) is 2.38. The lowest BCUT2D eigenvalue weighted by Gasteiger charge is -2.60. The van der Waals surface area contributed by atoms with E-state index in [1.807, 2.05) is 0 Å². The van der Waals surface area contributed by atoms with E-state index in [9.17, 15) is 14.9 Å². The van der Waals surface area contributed by atoms with Gasteiger partial charge < -0.3 is 4.74 Å². The molecule has 4 rings (SSSR count). The van der Waals surface area contributed by atoms with Gasteiger partial charge in [0.1, 0.15) is 6.10 Å². The average Bonchev–Trinajstić information content (AvgIpc) is 2.91. The number of hydrogen-bond donors (Lipinski definition) is 0. The van der Waals surface area contributed by atoms with Gasteiger partial charge in [0.15, 0.2) is 5.03 Å². The molecule has 0 aliphatic heterocycles. The zero-order chi connectivity index (χ0) is 19.4. The Labute approximate surface area is 161 Å². The van der Waals surface area contributed by atoms with Crippen molar-refractivity contribution < 1.29 is 14.6 Å². The molecule has 0 saturated heterocycles. The third-order valence-electron chi connectivity index (χ3n) is 8.89. The Hall–Kier alpha value is -1.46. The molecule has 0 N–H and O–H groups in total. The van der Waals surface area contributed by atoms with Crippen LogP contribution in [0.2, 0.25) is 0 Å². The maximum atomic E-state index is 11.4. The minimum atomic E-state index is -0.496. The van der Waals surface area contributed by atoms with Crippen LogP contribution < -0.4 is 0 Å². The highest BCUT2D eigenvalue weighted by molar-refractivity contribution is 5.92. The Morgan fingerprint density at radius 2 is 1.93 bits per heavy atom. The second kappa shape index (κ2) is 6.56. The summed E-state index contributed by atoms with van der Waals surface area (Å²) in [7, 11) is 0. The molecule has 0 bridgehead atoms. The third kappa shape index (κ3) is 2.99. The van der Waals surface area contributed by atoms with Gasteiger partial charge in [-0.15, -0.1) is 0 Å². The first-order valence-electron chi connectivity index (χ1n) is 10.6. The molecule has 4 aliphatic rings. The molecule has 0 radical (unpaired) electrons. The summed E-state index contributed by atoms with van der Waals surface area (Å²) >= 11 is 0. The maximum Gasteiger partial charge on any atom is 0.302 e. The lowest BCUT2D eigenvalue weighted by molar-refractivity contribution is -0.485. The van der Waals surface area contributed by atoms with Crippen LogP contribution in [0.1, 0.15) is 78.6 Å². The normalized spacial score (nSPS) is 47.7. The summed E-state index contributed by atoms with van der Waals surface area (Å²) < 4.78 is 5.54. The van der Waals surface area contributed by atoms with Crippen molar-refractivity contribution in [2.45, 2.75) is 84.7 Å². The number of carbonyl (C=O) groups excluding carboxylic acids is 1. The van der Waals surface area contributed by atoms with E-state index in [1.165, 1.54) is 19.8 Å². The van der Waals surface area contributed by atoms with Crippen molar-refractivity contribution in [2.24, 2.45) is 39.6 Å². The predicted molar refractivity (Wildman–Crippen MR) is 102 cm³/mol. The molecule has 27 heavy (non-hydrogen) atoms. The van der Waals surface area contributed by atoms with E-state index in [2.05, 4.69) is 18.9 Å². The summed E-state index contributed by atoms with van der Waals surface area (Å²) in [4.78, 5) is 22.3. The van der Waals surface area contributed by atoms with Gasteiger partial charge in [-0.05, 0) is 86.9 Å². The highest BCUT2D eigenvalue weighted by Gasteiger charge is 2.60. The molecule has 4 saturated carbocycles. The molecule has 0 aromatic heterocycles. The first kappa shape index (κ1) is 18.9. The van der Waals surface area contributed by atoms with Gasteiger partial charge in [-0.1, -0.05) is 13.8 Å². The standard InChI is InChI=1S/C21H32N2O4/c1-13(24)27-15-8-10-20(2)14(12-15)4-5-16-17-6-7-19(22-23(25)26)21(17,3)11-9-18(16)20/h14-18H,4-12H2,1-3H3/b22-19+/t14-,15-,16-,17-,18-,20-,21-/m0/s1. The van der Waals surface area contributed by atoms with Crippen molar-refractivity contribution in [1.82, 2.24) is 0 Å². The number of carbonyl (C=O) groups is 1. The molecule has 7 atom stereocenters. The second-order valence-corrected chi connectivity index (χ2v) is 9.94. The second-order valence-electron chi connectivity index (χ2n) is 9.94. The largest absolute Gasteiger partial charge is 0.463 e. The van der Waals surface area contributed by atoms with E-state index in [4.69, 9.17) is 4.74 Å². The number of hydrazone groups is 1. The van der Waals surface area contributed by atoms with E-state index in [-0.39, 0.29) is 17.5 Å². The highest BCUT2D eigenvalue weighted by Crippen LogP contribution is 2.65. The number of nitrogens with zero attached hydrogens (tertiary/aromatic N) is 2. The fourth-order valence-electron chi connectivity index (χ4n) is 7.61. The molecule has 0 amide bonds. The smallest absolute Gasteiger partial charge is 0.302 e. The first-order valence-corrected chi connectivity index (χ1v) is 10.6. The van der Waals surface area contributed by atoms with E-state index >= 15 is 0 Å². The van der Waals surface area contributed by atoms with E-state index in [0.29, 0.717) is 29.1 Å². The zero-order valence-corrected chi connectivity index (χ0v) is 16.8. The molecular weight excluding hydrogens is 344 g/mol. The van der Waals surface area contributed by atoms with Gasteiger partial charge in [0.05, 0.1) is 10.8 Å². The molecule has 4 aliphatic carbocycles. The Balaban J connectivity index is 1.54. The van der Waals surface area contributed by atoms with Crippen LogP contribution in [0, 0.1) is 44.6 Å². The van der Waals surface area contributed by atoms with Crippen molar-refractivity contribution >= 4 is 11.7 Å². The van der Waals surface area contributed by atoms with Gasteiger partial charge in [-0.25, -0.2) is 10.1 Å². The summed E-state index contributed by atoms with van der Waals surface area (Å²) in [5, 5.41) is 14.3. The average molecular weight is 376 g/mol. The van der Waals surface area contributed by atoms with Crippen molar-refractivity contribution in [1.29, 1.82) is 0 Å². The Morgan fingerprint density at radius 1 is 1.15 bits per heavy atom. The number of ether oxygens (including phenoxy) is 1. The van der Waals surface area contributed by atoms with Gasteiger partial charge in [-0.2, -0.15) is 0 Å². The van der Waals surface area contributed by atoms with E-state index in [0.717, 1.165) is 50.7 Å². The number of esters is 1. The molecular formula is C21H32N2O4. The molecule has 0 aromatic carbocycles. The minimum Gasteiger partial charge on any atom is -0.463 e. The zero-order valence-electron chi connectivity index (χ0n) is 16.8. The molecule has 6 nitrogen and oxygen atoms in total. The fourth-order valence-corrected chi connectivity index (χ4v) is 7.61. The third-order valence-corrected chi connectivity index (χ3v) is 8.89. The van der Waals surface area contributed by atoms with Gasteiger partial charge >= 0.3 is 5.97 Å². The van der Waals surface area contributed by atoms with Crippen molar-refractivity contribution in [2.75, 3.05) is 0 Å². The van der Waals surface area contributed by atoms with Crippen LogP contribution in [-0.2, 0) is 9.53 Å². The fraction of sp³-hybridized carbons (Fsp3) is 0.905. The molecule has 6 heteroatoms. The van der Waals surface area contributed by atoms with Crippen LogP contribution in [0.25, 0.3) is 0 Å². The van der Waals surface area contributed by atoms with Gasteiger partial charge in [-0.3, -0.25) is 4.79 Å². The number of rotatable bonds is 2. The van der Waals surface area contributed by atoms with Crippen LogP contribution >= 0.6 is 0 Å². The van der Waals surface area contributed by atoms with Crippen molar-refractivity contribution in [3.05, 3.63) is 10.1 Å². The molecule has 0 spiro atoms. The van der Waals surface area contributed by atoms with E-state index in [1.54, 1.807) is 0 Å². The first-order chi connectivity index (χ1) is 12.7. The lowest BCUT2D eigenvalue weighted by Crippen LogP contribution is -2.54. The summed E-state index contributed by atoms with van der Waals surface area (Å²) in [6.45, 7) is 6.22. The monoisotopic (exact) mass is 376 g/mol.